The molecule has 0 aliphatic rings. The van der Waals surface area contributed by atoms with Gasteiger partial charge in [0, 0.05) is 38.5 Å². The van der Waals surface area contributed by atoms with E-state index in [1.165, 1.54) is 0 Å². The minimum atomic E-state index is 0.0625. The van der Waals surface area contributed by atoms with Gasteiger partial charge in [0.05, 0.1) is 17.6 Å². The van der Waals surface area contributed by atoms with Crippen LogP contribution in [0.3, 0.4) is 0 Å². The molecule has 0 unspecified atom stereocenters. The molecule has 3 aromatic rings. The minimum Gasteiger partial charge on any atom is -0.437 e. The summed E-state index contributed by atoms with van der Waals surface area (Å²) in [5.41, 5.74) is 3.93. The van der Waals surface area contributed by atoms with Crippen LogP contribution in [0.25, 0.3) is 11.3 Å². The maximum atomic E-state index is 11.2. The lowest BCUT2D eigenvalue weighted by atomic mass is 10.1. The second-order valence-corrected chi connectivity index (χ2v) is 6.74. The number of ether oxygens (including phenoxy) is 1. The molecule has 3 rings (SSSR count). The number of hydrogen-bond acceptors (Lipinski definition) is 5. The second-order valence-electron chi connectivity index (χ2n) is 6.74. The summed E-state index contributed by atoms with van der Waals surface area (Å²) in [7, 11) is 1.79. The number of nitrogens with zero attached hydrogens (tertiary/aromatic N) is 4. The number of aromatic nitrogens is 3. The van der Waals surface area contributed by atoms with Crippen molar-refractivity contribution in [2.75, 3.05) is 13.6 Å². The Morgan fingerprint density at radius 3 is 2.54 bits per heavy atom. The van der Waals surface area contributed by atoms with E-state index in [1.807, 2.05) is 49.5 Å². The predicted molar refractivity (Wildman–Crippen MR) is 108 cm³/mol. The fraction of sp³-hybridized carbons (Fsp3) is 0.273. The Bertz CT molecular complexity index is 924. The normalized spacial score (nSPS) is 10.5. The van der Waals surface area contributed by atoms with Gasteiger partial charge < -0.3 is 9.64 Å². The van der Waals surface area contributed by atoms with Gasteiger partial charge in [-0.1, -0.05) is 6.07 Å². The summed E-state index contributed by atoms with van der Waals surface area (Å²) in [4.78, 5) is 26.1. The van der Waals surface area contributed by atoms with Gasteiger partial charge in [-0.15, -0.1) is 0 Å². The van der Waals surface area contributed by atoms with E-state index in [4.69, 9.17) is 4.74 Å². The number of amides is 1. The number of carbonyl (C=O) groups excluding carboxylic acids is 1. The van der Waals surface area contributed by atoms with Gasteiger partial charge in [0.1, 0.15) is 5.75 Å². The van der Waals surface area contributed by atoms with Crippen molar-refractivity contribution < 1.29 is 9.53 Å². The van der Waals surface area contributed by atoms with Gasteiger partial charge in [-0.25, -0.2) is 4.98 Å². The van der Waals surface area contributed by atoms with E-state index in [0.29, 0.717) is 18.2 Å². The molecule has 0 atom stereocenters. The molecule has 0 aliphatic heterocycles. The summed E-state index contributed by atoms with van der Waals surface area (Å²) < 4.78 is 5.84. The van der Waals surface area contributed by atoms with Crippen LogP contribution in [0.4, 0.5) is 0 Å². The van der Waals surface area contributed by atoms with Crippen molar-refractivity contribution in [3.05, 3.63) is 66.2 Å². The van der Waals surface area contributed by atoms with Crippen LogP contribution in [0.15, 0.2) is 55.0 Å². The van der Waals surface area contributed by atoms with Gasteiger partial charge in [-0.05, 0) is 55.7 Å². The molecule has 1 aromatic carbocycles. The van der Waals surface area contributed by atoms with E-state index in [1.54, 1.807) is 31.3 Å². The van der Waals surface area contributed by atoms with Crippen LogP contribution in [0.1, 0.15) is 24.6 Å². The van der Waals surface area contributed by atoms with E-state index in [-0.39, 0.29) is 5.91 Å². The Morgan fingerprint density at radius 2 is 1.86 bits per heavy atom. The molecule has 0 bridgehead atoms. The molecule has 0 N–H and O–H groups in total. The Labute approximate surface area is 165 Å². The quantitative estimate of drug-likeness (QED) is 0.622. The summed E-state index contributed by atoms with van der Waals surface area (Å²) in [6.45, 7) is 4.27. The third-order valence-corrected chi connectivity index (χ3v) is 4.41. The van der Waals surface area contributed by atoms with E-state index in [9.17, 15) is 4.79 Å². The standard InChI is InChI=1S/C22H24N4O2/c1-16-6-11-21(24-13-16)18-7-9-20(10-8-18)28-22-15-23-14-19(25-22)5-4-12-26(3)17(2)27/h6-11,13-15H,4-5,12H2,1-3H3. The van der Waals surface area contributed by atoms with Gasteiger partial charge in [0.2, 0.25) is 11.8 Å². The fourth-order valence-electron chi connectivity index (χ4n) is 2.66. The highest BCUT2D eigenvalue weighted by molar-refractivity contribution is 5.72. The van der Waals surface area contributed by atoms with Crippen molar-refractivity contribution in [2.24, 2.45) is 0 Å². The molecule has 2 heterocycles. The number of rotatable bonds is 7. The second kappa shape index (κ2) is 9.08. The van der Waals surface area contributed by atoms with E-state index in [0.717, 1.165) is 35.4 Å². The van der Waals surface area contributed by atoms with Gasteiger partial charge in [0.25, 0.3) is 0 Å². The Balaban J connectivity index is 1.60. The van der Waals surface area contributed by atoms with Crippen LogP contribution in [0, 0.1) is 6.92 Å². The van der Waals surface area contributed by atoms with Crippen molar-refractivity contribution >= 4 is 5.91 Å². The lowest BCUT2D eigenvalue weighted by Gasteiger charge is -2.14. The van der Waals surface area contributed by atoms with E-state index >= 15 is 0 Å². The molecule has 6 heteroatoms. The largest absolute Gasteiger partial charge is 0.437 e. The molecule has 0 saturated carbocycles. The molecular formula is C22H24N4O2. The zero-order valence-electron chi connectivity index (χ0n) is 16.4. The van der Waals surface area contributed by atoms with Crippen LogP contribution in [0.5, 0.6) is 11.6 Å². The molecule has 0 spiro atoms. The number of aryl methyl sites for hydroxylation is 2. The first-order chi connectivity index (χ1) is 13.5. The predicted octanol–water partition coefficient (Wildman–Crippen LogP) is 4.05. The zero-order chi connectivity index (χ0) is 19.9. The summed E-state index contributed by atoms with van der Waals surface area (Å²) in [5, 5.41) is 0. The number of benzene rings is 1. The summed E-state index contributed by atoms with van der Waals surface area (Å²) in [5.74, 6) is 1.21. The average Bonchev–Trinajstić information content (AvgIpc) is 2.69. The van der Waals surface area contributed by atoms with Crippen molar-refractivity contribution in [1.29, 1.82) is 0 Å². The molecule has 28 heavy (non-hydrogen) atoms. The Kier molecular flexibility index (Phi) is 6.32. The molecule has 2 aromatic heterocycles. The smallest absolute Gasteiger partial charge is 0.238 e. The van der Waals surface area contributed by atoms with Crippen molar-refractivity contribution in [3.63, 3.8) is 0 Å². The molecule has 6 nitrogen and oxygen atoms in total. The summed E-state index contributed by atoms with van der Waals surface area (Å²) in [6, 6.07) is 11.8. The van der Waals surface area contributed by atoms with Crippen LogP contribution in [-0.2, 0) is 11.2 Å². The third kappa shape index (κ3) is 5.36. The Morgan fingerprint density at radius 1 is 1.07 bits per heavy atom. The van der Waals surface area contributed by atoms with Crippen LogP contribution in [-0.4, -0.2) is 39.4 Å². The molecule has 0 aliphatic carbocycles. The molecular weight excluding hydrogens is 352 g/mol. The Hall–Kier alpha value is -3.28. The monoisotopic (exact) mass is 376 g/mol. The summed E-state index contributed by atoms with van der Waals surface area (Å²) >= 11 is 0. The first-order valence-corrected chi connectivity index (χ1v) is 9.25. The third-order valence-electron chi connectivity index (χ3n) is 4.41. The molecule has 0 fully saturated rings. The zero-order valence-corrected chi connectivity index (χ0v) is 16.4. The lowest BCUT2D eigenvalue weighted by molar-refractivity contribution is -0.127. The fourth-order valence-corrected chi connectivity index (χ4v) is 2.66. The molecule has 0 radical (unpaired) electrons. The van der Waals surface area contributed by atoms with Crippen LogP contribution < -0.4 is 4.74 Å². The highest BCUT2D eigenvalue weighted by atomic mass is 16.5. The molecule has 144 valence electrons. The first kappa shape index (κ1) is 19.5. The van der Waals surface area contributed by atoms with Crippen LogP contribution in [0.2, 0.25) is 0 Å². The first-order valence-electron chi connectivity index (χ1n) is 9.25. The summed E-state index contributed by atoms with van der Waals surface area (Å²) in [6.07, 6.45) is 6.74. The van der Waals surface area contributed by atoms with Crippen LogP contribution >= 0.6 is 0 Å². The number of pyridine rings is 1. The SMILES string of the molecule is CC(=O)N(C)CCCc1cncc(Oc2ccc(-c3ccc(C)cn3)cc2)n1. The van der Waals surface area contributed by atoms with Crippen molar-refractivity contribution in [3.8, 4) is 22.9 Å². The van der Waals surface area contributed by atoms with E-state index < -0.39 is 0 Å². The van der Waals surface area contributed by atoms with E-state index in [2.05, 4.69) is 15.0 Å². The van der Waals surface area contributed by atoms with Gasteiger partial charge in [0.15, 0.2) is 0 Å². The lowest BCUT2D eigenvalue weighted by Crippen LogP contribution is -2.25. The average molecular weight is 376 g/mol. The highest BCUT2D eigenvalue weighted by Crippen LogP contribution is 2.24. The van der Waals surface area contributed by atoms with Gasteiger partial charge >= 0.3 is 0 Å². The molecule has 1 amide bonds. The minimum absolute atomic E-state index is 0.0625. The van der Waals surface area contributed by atoms with Gasteiger partial charge in [-0.2, -0.15) is 0 Å². The van der Waals surface area contributed by atoms with Gasteiger partial charge in [-0.3, -0.25) is 14.8 Å². The topological polar surface area (TPSA) is 68.2 Å². The molecule has 0 saturated heterocycles. The maximum absolute atomic E-state index is 11.2. The highest BCUT2D eigenvalue weighted by Gasteiger charge is 2.06. The number of hydrogen-bond donors (Lipinski definition) is 0. The number of carbonyl (C=O) groups is 1. The van der Waals surface area contributed by atoms with Crippen molar-refractivity contribution in [1.82, 2.24) is 19.9 Å². The van der Waals surface area contributed by atoms with Crippen molar-refractivity contribution in [2.45, 2.75) is 26.7 Å². The maximum Gasteiger partial charge on any atom is 0.238 e.